The number of carbonyl (C=O) groups excluding carboxylic acids is 1. The van der Waals surface area contributed by atoms with Crippen molar-refractivity contribution in [2.75, 3.05) is 14.2 Å². The van der Waals surface area contributed by atoms with Gasteiger partial charge in [-0.25, -0.2) is 9.78 Å². The third kappa shape index (κ3) is 2.58. The van der Waals surface area contributed by atoms with Gasteiger partial charge in [0.25, 0.3) is 0 Å². The summed E-state index contributed by atoms with van der Waals surface area (Å²) in [5.41, 5.74) is 0.854. The first-order chi connectivity index (χ1) is 7.72. The number of carbonyl (C=O) groups is 1. The van der Waals surface area contributed by atoms with Crippen LogP contribution in [-0.4, -0.2) is 25.2 Å². The van der Waals surface area contributed by atoms with Gasteiger partial charge in [-0.1, -0.05) is 0 Å². The lowest BCUT2D eigenvalue weighted by molar-refractivity contribution is 0.0600. The second-order valence-electron chi connectivity index (χ2n) is 2.78. The van der Waals surface area contributed by atoms with Gasteiger partial charge in [-0.05, 0) is 12.1 Å². The zero-order valence-electron chi connectivity index (χ0n) is 8.93. The number of nitrogens with zero attached hydrogens (tertiary/aromatic N) is 2. The number of nitriles is 1. The summed E-state index contributed by atoms with van der Waals surface area (Å²) >= 11 is 0. The molecule has 0 aliphatic heterocycles. The van der Waals surface area contributed by atoms with Gasteiger partial charge >= 0.3 is 5.97 Å². The Kier molecular flexibility index (Phi) is 4.04. The maximum atomic E-state index is 11.2. The molecule has 1 aromatic rings. The number of pyridine rings is 1. The molecule has 1 rings (SSSR count). The Labute approximate surface area is 92.9 Å². The first kappa shape index (κ1) is 11.7. The third-order valence-corrected chi connectivity index (χ3v) is 1.83. The van der Waals surface area contributed by atoms with Gasteiger partial charge in [-0.3, -0.25) is 0 Å². The highest BCUT2D eigenvalue weighted by Crippen LogP contribution is 2.18. The highest BCUT2D eigenvalue weighted by molar-refractivity contribution is 5.89. The molecule has 82 valence electrons. The number of ether oxygens (including phenoxy) is 2. The molecule has 1 heterocycles. The number of esters is 1. The Bertz CT molecular complexity index is 461. The highest BCUT2D eigenvalue weighted by atomic mass is 16.5. The van der Waals surface area contributed by atoms with Crippen LogP contribution in [0, 0.1) is 11.3 Å². The van der Waals surface area contributed by atoms with Gasteiger partial charge in [0.05, 0.1) is 25.9 Å². The van der Waals surface area contributed by atoms with E-state index in [-0.39, 0.29) is 0 Å². The molecule has 1 aromatic heterocycles. The summed E-state index contributed by atoms with van der Waals surface area (Å²) in [5.74, 6) is -0.138. The maximum absolute atomic E-state index is 11.2. The maximum Gasteiger partial charge on any atom is 0.339 e. The second-order valence-corrected chi connectivity index (χ2v) is 2.78. The summed E-state index contributed by atoms with van der Waals surface area (Å²) in [6.45, 7) is 0. The van der Waals surface area contributed by atoms with Crippen LogP contribution in [0.25, 0.3) is 6.08 Å². The summed E-state index contributed by atoms with van der Waals surface area (Å²) in [4.78, 5) is 15.2. The van der Waals surface area contributed by atoms with Crippen molar-refractivity contribution in [1.82, 2.24) is 4.98 Å². The van der Waals surface area contributed by atoms with E-state index in [1.807, 2.05) is 6.07 Å². The lowest BCUT2D eigenvalue weighted by atomic mass is 10.2. The van der Waals surface area contributed by atoms with Gasteiger partial charge in [0.1, 0.15) is 0 Å². The molecule has 0 spiro atoms. The number of allylic oxidation sites excluding steroid dienone is 1. The second kappa shape index (κ2) is 5.51. The molecule has 0 aliphatic carbocycles. The number of methoxy groups -OCH3 is 2. The molecule has 0 N–H and O–H groups in total. The molecule has 16 heavy (non-hydrogen) atoms. The summed E-state index contributed by atoms with van der Waals surface area (Å²) < 4.78 is 9.55. The van der Waals surface area contributed by atoms with Crippen LogP contribution in [0.15, 0.2) is 18.3 Å². The van der Waals surface area contributed by atoms with E-state index in [0.717, 1.165) is 0 Å². The van der Waals surface area contributed by atoms with Crippen LogP contribution < -0.4 is 4.74 Å². The Morgan fingerprint density at radius 2 is 2.31 bits per heavy atom. The van der Waals surface area contributed by atoms with E-state index in [4.69, 9.17) is 10.00 Å². The minimum atomic E-state index is -0.484. The first-order valence-electron chi connectivity index (χ1n) is 4.41. The molecule has 0 aliphatic rings. The lowest BCUT2D eigenvalue weighted by Gasteiger charge is -2.05. The average molecular weight is 218 g/mol. The molecule has 0 radical (unpaired) electrons. The van der Waals surface area contributed by atoms with Gasteiger partial charge in [-0.2, -0.15) is 5.26 Å². The molecule has 0 bridgehead atoms. The van der Waals surface area contributed by atoms with E-state index < -0.39 is 5.97 Å². The fourth-order valence-corrected chi connectivity index (χ4v) is 1.12. The molecule has 0 saturated carbocycles. The largest absolute Gasteiger partial charge is 0.481 e. The van der Waals surface area contributed by atoms with Crippen LogP contribution in [0.4, 0.5) is 0 Å². The van der Waals surface area contributed by atoms with Crippen LogP contribution >= 0.6 is 0 Å². The summed E-state index contributed by atoms with van der Waals surface area (Å²) in [6.07, 6.45) is 4.15. The van der Waals surface area contributed by atoms with Crippen molar-refractivity contribution < 1.29 is 14.3 Å². The van der Waals surface area contributed by atoms with Crippen molar-refractivity contribution in [2.24, 2.45) is 0 Å². The predicted octanol–water partition coefficient (Wildman–Crippen LogP) is 1.41. The number of rotatable bonds is 3. The topological polar surface area (TPSA) is 72.2 Å². The van der Waals surface area contributed by atoms with E-state index in [9.17, 15) is 4.79 Å². The van der Waals surface area contributed by atoms with Crippen molar-refractivity contribution in [3.8, 4) is 11.9 Å². The molecular formula is C11H10N2O3. The lowest BCUT2D eigenvalue weighted by Crippen LogP contribution is -2.03. The molecule has 0 unspecified atom stereocenters. The van der Waals surface area contributed by atoms with Crippen LogP contribution in [0.3, 0.4) is 0 Å². The fraction of sp³-hybridized carbons (Fsp3) is 0.182. The van der Waals surface area contributed by atoms with Crippen LogP contribution in [0.1, 0.15) is 15.9 Å². The minimum Gasteiger partial charge on any atom is -0.481 e. The summed E-state index contributed by atoms with van der Waals surface area (Å²) in [7, 11) is 2.75. The van der Waals surface area contributed by atoms with E-state index in [1.54, 1.807) is 6.07 Å². The Morgan fingerprint density at radius 1 is 1.56 bits per heavy atom. The van der Waals surface area contributed by atoms with Crippen molar-refractivity contribution in [1.29, 1.82) is 5.26 Å². The van der Waals surface area contributed by atoms with Gasteiger partial charge in [0.15, 0.2) is 0 Å². The SMILES string of the molecule is COC(=O)c1cnc(OC)c(/C=C/C#N)c1. The average Bonchev–Trinajstić information content (AvgIpc) is 2.34. The highest BCUT2D eigenvalue weighted by Gasteiger charge is 2.09. The fourth-order valence-electron chi connectivity index (χ4n) is 1.12. The van der Waals surface area contributed by atoms with Crippen LogP contribution in [-0.2, 0) is 4.74 Å². The standard InChI is InChI=1S/C11H10N2O3/c1-15-10-8(4-3-5-12)6-9(7-13-10)11(14)16-2/h3-4,6-7H,1-2H3/b4-3+. The number of hydrogen-bond acceptors (Lipinski definition) is 5. The Morgan fingerprint density at radius 3 is 2.88 bits per heavy atom. The predicted molar refractivity (Wildman–Crippen MR) is 56.8 cm³/mol. The van der Waals surface area contributed by atoms with E-state index in [1.165, 1.54) is 32.6 Å². The zero-order valence-corrected chi connectivity index (χ0v) is 8.93. The number of aromatic nitrogens is 1. The van der Waals surface area contributed by atoms with Crippen molar-refractivity contribution in [3.63, 3.8) is 0 Å². The molecular weight excluding hydrogens is 208 g/mol. The molecule has 0 atom stereocenters. The van der Waals surface area contributed by atoms with Crippen LogP contribution in [0.5, 0.6) is 5.88 Å². The Balaban J connectivity index is 3.16. The van der Waals surface area contributed by atoms with Gasteiger partial charge in [-0.15, -0.1) is 0 Å². The first-order valence-corrected chi connectivity index (χ1v) is 4.41. The summed E-state index contributed by atoms with van der Waals surface area (Å²) in [5, 5.41) is 8.43. The number of hydrogen-bond donors (Lipinski definition) is 0. The molecule has 0 amide bonds. The quantitative estimate of drug-likeness (QED) is 0.566. The molecule has 0 fully saturated rings. The third-order valence-electron chi connectivity index (χ3n) is 1.83. The van der Waals surface area contributed by atoms with Crippen molar-refractivity contribution >= 4 is 12.0 Å². The molecule has 0 aromatic carbocycles. The van der Waals surface area contributed by atoms with E-state index >= 15 is 0 Å². The molecule has 5 heteroatoms. The monoisotopic (exact) mass is 218 g/mol. The van der Waals surface area contributed by atoms with E-state index in [0.29, 0.717) is 17.0 Å². The van der Waals surface area contributed by atoms with E-state index in [2.05, 4.69) is 9.72 Å². The summed E-state index contributed by atoms with van der Waals surface area (Å²) in [6, 6.07) is 3.40. The van der Waals surface area contributed by atoms with Gasteiger partial charge < -0.3 is 9.47 Å². The van der Waals surface area contributed by atoms with Crippen LogP contribution in [0.2, 0.25) is 0 Å². The zero-order chi connectivity index (χ0) is 12.0. The smallest absolute Gasteiger partial charge is 0.339 e. The van der Waals surface area contributed by atoms with Crippen molar-refractivity contribution in [2.45, 2.75) is 0 Å². The normalized spacial score (nSPS) is 9.81. The van der Waals surface area contributed by atoms with Gasteiger partial charge in [0.2, 0.25) is 5.88 Å². The van der Waals surface area contributed by atoms with Crippen molar-refractivity contribution in [3.05, 3.63) is 29.5 Å². The minimum absolute atomic E-state index is 0.306. The molecule has 0 saturated heterocycles. The molecule has 5 nitrogen and oxygen atoms in total. The Hall–Kier alpha value is -2.35. The van der Waals surface area contributed by atoms with Gasteiger partial charge in [0, 0.05) is 17.8 Å².